The molecular weight excluding hydrogens is 258 g/mol. The van der Waals surface area contributed by atoms with E-state index in [4.69, 9.17) is 15.9 Å². The van der Waals surface area contributed by atoms with Crippen LogP contribution in [-0.2, 0) is 9.53 Å². The minimum atomic E-state index is -0.259. The van der Waals surface area contributed by atoms with Crippen LogP contribution in [0.25, 0.3) is 0 Å². The van der Waals surface area contributed by atoms with Crippen molar-refractivity contribution in [3.8, 4) is 18.1 Å². The second-order valence-corrected chi connectivity index (χ2v) is 4.23. The van der Waals surface area contributed by atoms with Gasteiger partial charge in [0.15, 0.2) is 0 Å². The standard InChI is InChI=1S/C15H15NO4/c1-2-9-19-10-11-20-13-5-3-12(4-6-13)15(18)16-8-7-14(16)17/h1,3-6H,7-11H2. The molecule has 0 atom stereocenters. The number of ether oxygens (including phenoxy) is 2. The molecule has 0 aliphatic carbocycles. The molecule has 1 aromatic carbocycles. The maximum absolute atomic E-state index is 11.9. The van der Waals surface area contributed by atoms with Crippen molar-refractivity contribution in [1.29, 1.82) is 0 Å². The Kier molecular flexibility index (Phi) is 4.75. The number of rotatable bonds is 6. The molecule has 0 spiro atoms. The monoisotopic (exact) mass is 273 g/mol. The predicted molar refractivity (Wildman–Crippen MR) is 72.2 cm³/mol. The van der Waals surface area contributed by atoms with Gasteiger partial charge in [-0.2, -0.15) is 0 Å². The highest BCUT2D eigenvalue weighted by molar-refractivity contribution is 6.07. The Hall–Kier alpha value is -2.32. The average Bonchev–Trinajstić information content (AvgIpc) is 2.46. The van der Waals surface area contributed by atoms with Crippen LogP contribution in [0, 0.1) is 12.3 Å². The highest BCUT2D eigenvalue weighted by Gasteiger charge is 2.30. The van der Waals surface area contributed by atoms with Crippen molar-refractivity contribution in [1.82, 2.24) is 4.90 Å². The van der Waals surface area contributed by atoms with E-state index < -0.39 is 0 Å². The molecule has 104 valence electrons. The first-order valence-corrected chi connectivity index (χ1v) is 6.31. The van der Waals surface area contributed by atoms with E-state index >= 15 is 0 Å². The Bertz CT molecular complexity index is 530. The molecule has 0 saturated carbocycles. The number of likely N-dealkylation sites (tertiary alicyclic amines) is 1. The van der Waals surface area contributed by atoms with Crippen molar-refractivity contribution in [2.45, 2.75) is 6.42 Å². The fraction of sp³-hybridized carbons (Fsp3) is 0.333. The van der Waals surface area contributed by atoms with Gasteiger partial charge in [0.05, 0.1) is 6.61 Å². The summed E-state index contributed by atoms with van der Waals surface area (Å²) in [5.41, 5.74) is 0.481. The van der Waals surface area contributed by atoms with Gasteiger partial charge in [0.2, 0.25) is 5.91 Å². The Morgan fingerprint density at radius 3 is 2.60 bits per heavy atom. The number of hydrogen-bond acceptors (Lipinski definition) is 4. The molecule has 2 amide bonds. The molecule has 0 aromatic heterocycles. The third kappa shape index (κ3) is 3.37. The molecule has 1 heterocycles. The minimum Gasteiger partial charge on any atom is -0.491 e. The fourth-order valence-electron chi connectivity index (χ4n) is 1.73. The molecule has 0 unspecified atom stereocenters. The van der Waals surface area contributed by atoms with Crippen LogP contribution >= 0.6 is 0 Å². The zero-order valence-electron chi connectivity index (χ0n) is 11.0. The van der Waals surface area contributed by atoms with Gasteiger partial charge in [0, 0.05) is 18.5 Å². The first kappa shape index (κ1) is 14.1. The molecule has 0 bridgehead atoms. The van der Waals surface area contributed by atoms with E-state index in [9.17, 15) is 9.59 Å². The Morgan fingerprint density at radius 2 is 2.05 bits per heavy atom. The molecule has 2 rings (SSSR count). The first-order chi connectivity index (χ1) is 9.72. The average molecular weight is 273 g/mol. The smallest absolute Gasteiger partial charge is 0.260 e. The van der Waals surface area contributed by atoms with Gasteiger partial charge in [-0.3, -0.25) is 14.5 Å². The Labute approximate surface area is 117 Å². The Balaban J connectivity index is 1.82. The van der Waals surface area contributed by atoms with Crippen LogP contribution in [0.15, 0.2) is 24.3 Å². The summed E-state index contributed by atoms with van der Waals surface area (Å²) in [5, 5.41) is 0. The third-order valence-corrected chi connectivity index (χ3v) is 2.88. The molecular formula is C15H15NO4. The van der Waals surface area contributed by atoms with E-state index in [-0.39, 0.29) is 18.4 Å². The summed E-state index contributed by atoms with van der Waals surface area (Å²) in [4.78, 5) is 24.3. The molecule has 1 saturated heterocycles. The number of benzene rings is 1. The molecule has 20 heavy (non-hydrogen) atoms. The van der Waals surface area contributed by atoms with Crippen LogP contribution in [0.5, 0.6) is 5.75 Å². The zero-order chi connectivity index (χ0) is 14.4. The van der Waals surface area contributed by atoms with Gasteiger partial charge in [-0.1, -0.05) is 5.92 Å². The third-order valence-electron chi connectivity index (χ3n) is 2.88. The van der Waals surface area contributed by atoms with E-state index in [1.807, 2.05) is 0 Å². The SMILES string of the molecule is C#CCOCCOc1ccc(C(=O)N2CCC2=O)cc1. The van der Waals surface area contributed by atoms with Gasteiger partial charge in [0.1, 0.15) is 19.0 Å². The molecule has 1 fully saturated rings. The lowest BCUT2D eigenvalue weighted by atomic mass is 10.1. The molecule has 5 heteroatoms. The highest BCUT2D eigenvalue weighted by Crippen LogP contribution is 2.17. The van der Waals surface area contributed by atoms with Crippen molar-refractivity contribution < 1.29 is 19.1 Å². The highest BCUT2D eigenvalue weighted by atomic mass is 16.5. The lowest BCUT2D eigenvalue weighted by Crippen LogP contribution is -2.47. The van der Waals surface area contributed by atoms with E-state index in [1.165, 1.54) is 4.90 Å². The van der Waals surface area contributed by atoms with Gasteiger partial charge < -0.3 is 9.47 Å². The van der Waals surface area contributed by atoms with Crippen LogP contribution in [-0.4, -0.2) is 43.1 Å². The molecule has 1 aliphatic heterocycles. The maximum Gasteiger partial charge on any atom is 0.260 e. The van der Waals surface area contributed by atoms with Crippen molar-refractivity contribution in [3.63, 3.8) is 0 Å². The summed E-state index contributed by atoms with van der Waals surface area (Å²) >= 11 is 0. The lowest BCUT2D eigenvalue weighted by Gasteiger charge is -2.28. The van der Waals surface area contributed by atoms with Crippen molar-refractivity contribution >= 4 is 11.8 Å². The number of β-lactam (4-membered cyclic amide) rings is 1. The van der Waals surface area contributed by atoms with E-state index in [2.05, 4.69) is 5.92 Å². The molecule has 1 aromatic rings. The second kappa shape index (κ2) is 6.73. The van der Waals surface area contributed by atoms with Gasteiger partial charge in [-0.25, -0.2) is 0 Å². The van der Waals surface area contributed by atoms with E-state index in [0.717, 1.165) is 0 Å². The summed E-state index contributed by atoms with van der Waals surface area (Å²) in [7, 11) is 0. The number of amides is 2. The van der Waals surface area contributed by atoms with Crippen LogP contribution in [0.2, 0.25) is 0 Å². The van der Waals surface area contributed by atoms with E-state index in [1.54, 1.807) is 24.3 Å². The van der Waals surface area contributed by atoms with Gasteiger partial charge in [-0.15, -0.1) is 6.42 Å². The van der Waals surface area contributed by atoms with Gasteiger partial charge in [0.25, 0.3) is 5.91 Å². The number of terminal acetylenes is 1. The van der Waals surface area contributed by atoms with E-state index in [0.29, 0.717) is 37.5 Å². The quantitative estimate of drug-likeness (QED) is 0.337. The number of imide groups is 1. The summed E-state index contributed by atoms with van der Waals surface area (Å²) in [6.07, 6.45) is 5.49. The molecule has 5 nitrogen and oxygen atoms in total. The Morgan fingerprint density at radius 1 is 1.30 bits per heavy atom. The van der Waals surface area contributed by atoms with Crippen molar-refractivity contribution in [2.75, 3.05) is 26.4 Å². The largest absolute Gasteiger partial charge is 0.491 e. The molecule has 1 aliphatic rings. The molecule has 0 N–H and O–H groups in total. The summed E-state index contributed by atoms with van der Waals surface area (Å²) < 4.78 is 10.5. The van der Waals surface area contributed by atoms with Gasteiger partial charge in [-0.05, 0) is 24.3 Å². The van der Waals surface area contributed by atoms with Crippen LogP contribution in [0.1, 0.15) is 16.8 Å². The topological polar surface area (TPSA) is 55.8 Å². The summed E-state index contributed by atoms with van der Waals surface area (Å²) in [6.45, 7) is 1.57. The zero-order valence-corrected chi connectivity index (χ0v) is 11.0. The summed E-state index contributed by atoms with van der Waals surface area (Å²) in [5.74, 6) is 2.62. The fourth-order valence-corrected chi connectivity index (χ4v) is 1.73. The number of nitrogens with zero attached hydrogens (tertiary/aromatic N) is 1. The second-order valence-electron chi connectivity index (χ2n) is 4.23. The number of carbonyl (C=O) groups is 2. The van der Waals surface area contributed by atoms with Gasteiger partial charge >= 0.3 is 0 Å². The van der Waals surface area contributed by atoms with Crippen LogP contribution < -0.4 is 4.74 Å². The van der Waals surface area contributed by atoms with Crippen molar-refractivity contribution in [2.24, 2.45) is 0 Å². The predicted octanol–water partition coefficient (Wildman–Crippen LogP) is 1.09. The minimum absolute atomic E-state index is 0.124. The molecule has 0 radical (unpaired) electrons. The lowest BCUT2D eigenvalue weighted by molar-refractivity contribution is -0.135. The summed E-state index contributed by atoms with van der Waals surface area (Å²) in [6, 6.07) is 6.68. The number of hydrogen-bond donors (Lipinski definition) is 0. The van der Waals surface area contributed by atoms with Crippen LogP contribution in [0.4, 0.5) is 0 Å². The van der Waals surface area contributed by atoms with Crippen molar-refractivity contribution in [3.05, 3.63) is 29.8 Å². The normalized spacial score (nSPS) is 13.6. The number of carbonyl (C=O) groups excluding carboxylic acids is 2. The first-order valence-electron chi connectivity index (χ1n) is 6.31. The van der Waals surface area contributed by atoms with Crippen LogP contribution in [0.3, 0.4) is 0 Å². The maximum atomic E-state index is 11.9.